The van der Waals surface area contributed by atoms with Crippen molar-refractivity contribution in [3.63, 3.8) is 0 Å². The van der Waals surface area contributed by atoms with Crippen LogP contribution in [0.3, 0.4) is 0 Å². The molecule has 0 bridgehead atoms. The van der Waals surface area contributed by atoms with Crippen molar-refractivity contribution in [1.29, 1.82) is 0 Å². The van der Waals surface area contributed by atoms with Crippen LogP contribution in [0, 0.1) is 0 Å². The lowest BCUT2D eigenvalue weighted by atomic mass is 10.3. The summed E-state index contributed by atoms with van der Waals surface area (Å²) >= 11 is 3.45. The van der Waals surface area contributed by atoms with Crippen molar-refractivity contribution in [2.45, 2.75) is 6.10 Å². The van der Waals surface area contributed by atoms with E-state index in [0.29, 0.717) is 5.33 Å². The molecule has 0 aliphatic carbocycles. The molecular formula is C21H21BrOP+. The maximum Gasteiger partial charge on any atom is 0.114 e. The van der Waals surface area contributed by atoms with Crippen molar-refractivity contribution in [1.82, 2.24) is 0 Å². The van der Waals surface area contributed by atoms with Gasteiger partial charge in [-0.15, -0.1) is 0 Å². The smallest absolute Gasteiger partial charge is 0.114 e. The quantitative estimate of drug-likeness (QED) is 0.494. The molecule has 0 saturated heterocycles. The molecule has 1 nitrogen and oxygen atoms in total. The Morgan fingerprint density at radius 3 is 1.29 bits per heavy atom. The summed E-state index contributed by atoms with van der Waals surface area (Å²) in [6.07, 6.45) is 0.343. The summed E-state index contributed by atoms with van der Waals surface area (Å²) in [4.78, 5) is 0. The van der Waals surface area contributed by atoms with E-state index in [9.17, 15) is 5.11 Å². The number of hydrogen-bond acceptors (Lipinski definition) is 1. The van der Waals surface area contributed by atoms with Crippen molar-refractivity contribution in [2.75, 3.05) is 11.5 Å². The highest BCUT2D eigenvalue weighted by Gasteiger charge is 2.46. The molecule has 3 aromatic rings. The Morgan fingerprint density at radius 2 is 1.00 bits per heavy atom. The molecule has 3 rings (SSSR count). The van der Waals surface area contributed by atoms with Crippen LogP contribution in [-0.4, -0.2) is 22.7 Å². The number of rotatable bonds is 6. The van der Waals surface area contributed by atoms with Gasteiger partial charge in [0, 0.05) is 5.33 Å². The molecule has 0 saturated carbocycles. The molecule has 1 N–H and O–H groups in total. The van der Waals surface area contributed by atoms with Crippen LogP contribution in [0.2, 0.25) is 0 Å². The van der Waals surface area contributed by atoms with Crippen LogP contribution in [0.25, 0.3) is 0 Å². The van der Waals surface area contributed by atoms with E-state index in [4.69, 9.17) is 0 Å². The third-order valence-corrected chi connectivity index (χ3v) is 9.51. The van der Waals surface area contributed by atoms with Crippen molar-refractivity contribution < 1.29 is 5.11 Å². The van der Waals surface area contributed by atoms with E-state index in [1.807, 2.05) is 0 Å². The van der Waals surface area contributed by atoms with E-state index >= 15 is 0 Å². The summed E-state index contributed by atoms with van der Waals surface area (Å²) < 4.78 is 0. The summed E-state index contributed by atoms with van der Waals surface area (Å²) in [5.74, 6) is 0. The van der Waals surface area contributed by atoms with Crippen molar-refractivity contribution in [3.05, 3.63) is 91.0 Å². The summed E-state index contributed by atoms with van der Waals surface area (Å²) in [6.45, 7) is 0. The second-order valence-corrected chi connectivity index (χ2v) is 9.99. The van der Waals surface area contributed by atoms with Gasteiger partial charge in [0.2, 0.25) is 0 Å². The average Bonchev–Trinajstić information content (AvgIpc) is 2.68. The highest BCUT2D eigenvalue weighted by atomic mass is 79.9. The van der Waals surface area contributed by atoms with Gasteiger partial charge in [-0.25, -0.2) is 0 Å². The predicted molar refractivity (Wildman–Crippen MR) is 110 cm³/mol. The van der Waals surface area contributed by atoms with Gasteiger partial charge in [-0.05, 0) is 36.4 Å². The van der Waals surface area contributed by atoms with Crippen LogP contribution in [0.15, 0.2) is 91.0 Å². The number of benzene rings is 3. The SMILES string of the molecule is OC(CBr)C[P+](c1ccccc1)(c1ccccc1)c1ccccc1. The summed E-state index contributed by atoms with van der Waals surface area (Å²) in [6, 6.07) is 31.9. The highest BCUT2D eigenvalue weighted by Crippen LogP contribution is 2.55. The summed E-state index contributed by atoms with van der Waals surface area (Å²) in [5.41, 5.74) is 0. The predicted octanol–water partition coefficient (Wildman–Crippen LogP) is 3.74. The van der Waals surface area contributed by atoms with Crippen molar-refractivity contribution in [3.8, 4) is 0 Å². The molecule has 0 aromatic heterocycles. The molecule has 1 unspecified atom stereocenters. The van der Waals surface area contributed by atoms with Crippen LogP contribution < -0.4 is 15.9 Å². The first-order valence-electron chi connectivity index (χ1n) is 8.06. The molecule has 24 heavy (non-hydrogen) atoms. The molecule has 0 fully saturated rings. The van der Waals surface area contributed by atoms with E-state index in [1.54, 1.807) is 0 Å². The number of aliphatic hydroxyl groups excluding tert-OH is 1. The van der Waals surface area contributed by atoms with Gasteiger partial charge in [0.05, 0.1) is 6.10 Å². The zero-order chi connectivity index (χ0) is 16.8. The van der Waals surface area contributed by atoms with Crippen molar-refractivity contribution >= 4 is 39.1 Å². The molecule has 0 spiro atoms. The van der Waals surface area contributed by atoms with Gasteiger partial charge in [-0.1, -0.05) is 70.5 Å². The highest BCUT2D eigenvalue weighted by molar-refractivity contribution is 9.09. The Labute approximate surface area is 152 Å². The van der Waals surface area contributed by atoms with Crippen LogP contribution in [0.4, 0.5) is 0 Å². The second kappa shape index (κ2) is 8.07. The minimum absolute atomic E-state index is 0.390. The van der Waals surface area contributed by atoms with Crippen LogP contribution >= 0.6 is 23.2 Å². The molecule has 0 heterocycles. The fourth-order valence-corrected chi connectivity index (χ4v) is 8.09. The first kappa shape index (κ1) is 17.4. The number of hydrogen-bond donors (Lipinski definition) is 1. The van der Waals surface area contributed by atoms with Crippen LogP contribution in [0.1, 0.15) is 0 Å². The minimum Gasteiger partial charge on any atom is -0.388 e. The molecule has 0 radical (unpaired) electrons. The Bertz CT molecular complexity index is 650. The average molecular weight is 400 g/mol. The van der Waals surface area contributed by atoms with Crippen LogP contribution in [-0.2, 0) is 0 Å². The zero-order valence-corrected chi connectivity index (χ0v) is 15.9. The number of aliphatic hydroxyl groups is 1. The first-order valence-corrected chi connectivity index (χ1v) is 11.2. The van der Waals surface area contributed by atoms with E-state index in [2.05, 4.69) is 107 Å². The maximum atomic E-state index is 10.6. The normalized spacial score (nSPS) is 12.8. The fourth-order valence-electron chi connectivity index (χ4n) is 3.18. The van der Waals surface area contributed by atoms with Gasteiger partial charge in [-0.3, -0.25) is 0 Å². The molecule has 1 atom stereocenters. The van der Waals surface area contributed by atoms with Crippen LogP contribution in [0.5, 0.6) is 0 Å². The Hall–Kier alpha value is -1.47. The van der Waals surface area contributed by atoms with Gasteiger partial charge in [0.1, 0.15) is 29.3 Å². The lowest BCUT2D eigenvalue weighted by Gasteiger charge is -2.29. The monoisotopic (exact) mass is 399 g/mol. The molecule has 3 aromatic carbocycles. The van der Waals surface area contributed by atoms with E-state index in [-0.39, 0.29) is 6.10 Å². The fraction of sp³-hybridized carbons (Fsp3) is 0.143. The lowest BCUT2D eigenvalue weighted by Crippen LogP contribution is -2.37. The van der Waals surface area contributed by atoms with E-state index < -0.39 is 7.26 Å². The molecule has 0 aliphatic rings. The van der Waals surface area contributed by atoms with Gasteiger partial charge >= 0.3 is 0 Å². The molecular weight excluding hydrogens is 379 g/mol. The summed E-state index contributed by atoms with van der Waals surface area (Å²) in [7, 11) is -1.91. The molecule has 0 aliphatic heterocycles. The first-order chi connectivity index (χ1) is 11.8. The Balaban J connectivity index is 2.28. The maximum absolute atomic E-state index is 10.6. The van der Waals surface area contributed by atoms with E-state index in [1.165, 1.54) is 15.9 Å². The number of halogens is 1. The van der Waals surface area contributed by atoms with Gasteiger partial charge < -0.3 is 5.11 Å². The molecule has 122 valence electrons. The van der Waals surface area contributed by atoms with E-state index in [0.717, 1.165) is 6.16 Å². The lowest BCUT2D eigenvalue weighted by molar-refractivity contribution is 0.225. The Morgan fingerprint density at radius 1 is 0.667 bits per heavy atom. The minimum atomic E-state index is -1.91. The zero-order valence-electron chi connectivity index (χ0n) is 13.4. The van der Waals surface area contributed by atoms with Crippen molar-refractivity contribution in [2.24, 2.45) is 0 Å². The molecule has 3 heteroatoms. The Kier molecular flexibility index (Phi) is 5.84. The number of alkyl halides is 1. The van der Waals surface area contributed by atoms with Gasteiger partial charge in [-0.2, -0.15) is 0 Å². The second-order valence-electron chi connectivity index (χ2n) is 5.81. The topological polar surface area (TPSA) is 20.2 Å². The largest absolute Gasteiger partial charge is 0.388 e. The van der Waals surface area contributed by atoms with Gasteiger partial charge in [0.25, 0.3) is 0 Å². The third-order valence-electron chi connectivity index (χ3n) is 4.25. The molecule has 0 amide bonds. The van der Waals surface area contributed by atoms with Gasteiger partial charge in [0.15, 0.2) is 0 Å². The third kappa shape index (κ3) is 3.47. The summed E-state index contributed by atoms with van der Waals surface area (Å²) in [5, 5.41) is 15.1. The standard InChI is InChI=1S/C21H21BrOP/c22-16-18(23)17-24(19-10-4-1-5-11-19,20-12-6-2-7-13-20)21-14-8-3-9-15-21/h1-15,18,23H,16-17H2/q+1.